The number of piperidine rings is 1. The van der Waals surface area contributed by atoms with Gasteiger partial charge in [-0.05, 0) is 68.0 Å². The Bertz CT molecular complexity index is 2610. The molecule has 3 fully saturated rings. The normalized spacial score (nSPS) is 19.5. The number of benzene rings is 2. The third-order valence-corrected chi connectivity index (χ3v) is 12.5. The van der Waals surface area contributed by atoms with Crippen molar-refractivity contribution < 1.29 is 37.0 Å². The van der Waals surface area contributed by atoms with Gasteiger partial charge in [-0.25, -0.2) is 14.4 Å². The predicted molar refractivity (Wildman–Crippen MR) is 205 cm³/mol. The van der Waals surface area contributed by atoms with Crippen molar-refractivity contribution in [2.45, 2.75) is 63.7 Å². The number of alkyl halides is 3. The number of hydrogen-bond acceptors (Lipinski definition) is 10. The van der Waals surface area contributed by atoms with Gasteiger partial charge in [-0.15, -0.1) is 5.10 Å². The average molecular weight is 836 g/mol. The second-order valence-corrected chi connectivity index (χ2v) is 16.7. The lowest BCUT2D eigenvalue weighted by atomic mass is 9.73. The van der Waals surface area contributed by atoms with Crippen molar-refractivity contribution in [3.05, 3.63) is 97.7 Å². The summed E-state index contributed by atoms with van der Waals surface area (Å²) in [6.45, 7) is 7.26. The number of likely N-dealkylation sites (tertiary alicyclic amines) is 2. The van der Waals surface area contributed by atoms with Crippen LogP contribution in [0.5, 0.6) is 5.75 Å². The highest BCUT2D eigenvalue weighted by molar-refractivity contribution is 6.33. The minimum absolute atomic E-state index is 0.0272. The second kappa shape index (κ2) is 14.1. The molecule has 6 heterocycles. The molecule has 5 aromatic rings. The maximum Gasteiger partial charge on any atom is 0.416 e. The maximum atomic E-state index is 15.9. The van der Waals surface area contributed by atoms with E-state index in [1.165, 1.54) is 12.4 Å². The molecule has 4 aliphatic rings. The summed E-state index contributed by atoms with van der Waals surface area (Å²) in [5.74, 6) is -2.45. The molecule has 3 saturated heterocycles. The van der Waals surface area contributed by atoms with Gasteiger partial charge in [0.1, 0.15) is 18.7 Å². The van der Waals surface area contributed by atoms with Crippen molar-refractivity contribution in [3.8, 4) is 17.1 Å². The van der Waals surface area contributed by atoms with E-state index < -0.39 is 46.9 Å². The molecular formula is C40H38ClF4N9O5. The number of nitrogens with one attached hydrogen (secondary N) is 1. The molecule has 59 heavy (non-hydrogen) atoms. The number of aromatic nitrogens is 6. The number of aryl methyl sites for hydroxylation is 1. The average Bonchev–Trinajstić information content (AvgIpc) is 3.72. The number of amides is 2. The lowest BCUT2D eigenvalue weighted by Gasteiger charge is -2.55. The smallest absolute Gasteiger partial charge is 0.416 e. The van der Waals surface area contributed by atoms with E-state index >= 15 is 4.39 Å². The molecule has 1 unspecified atom stereocenters. The molecule has 0 bridgehead atoms. The number of rotatable bonds is 7. The molecule has 3 aliphatic heterocycles. The van der Waals surface area contributed by atoms with E-state index in [0.29, 0.717) is 37.1 Å². The lowest BCUT2D eigenvalue weighted by molar-refractivity contribution is -0.191. The Hall–Kier alpha value is -5.46. The Balaban J connectivity index is 1.07. The van der Waals surface area contributed by atoms with Crippen LogP contribution in [0.25, 0.3) is 17.2 Å². The van der Waals surface area contributed by atoms with Crippen LogP contribution >= 0.6 is 11.6 Å². The van der Waals surface area contributed by atoms with Crippen molar-refractivity contribution in [3.63, 3.8) is 0 Å². The van der Waals surface area contributed by atoms with Crippen molar-refractivity contribution in [2.24, 2.45) is 5.41 Å². The highest BCUT2D eigenvalue weighted by atomic mass is 35.5. The predicted octanol–water partition coefficient (Wildman–Crippen LogP) is 5.33. The lowest BCUT2D eigenvalue weighted by Crippen LogP contribution is -2.65. The summed E-state index contributed by atoms with van der Waals surface area (Å²) in [4.78, 5) is 58.3. The largest absolute Gasteiger partial charge is 0.504 e. The molecule has 2 N–H and O–H groups in total. The van der Waals surface area contributed by atoms with Gasteiger partial charge in [0.2, 0.25) is 11.7 Å². The summed E-state index contributed by atoms with van der Waals surface area (Å²) in [6, 6.07) is 7.36. The van der Waals surface area contributed by atoms with E-state index in [0.717, 1.165) is 54.6 Å². The number of anilines is 1. The minimum atomic E-state index is -4.64. The molecule has 2 aromatic carbocycles. The van der Waals surface area contributed by atoms with Crippen LogP contribution < -0.4 is 10.9 Å². The molecule has 14 nitrogen and oxygen atoms in total. The van der Waals surface area contributed by atoms with E-state index in [1.54, 1.807) is 28.5 Å². The summed E-state index contributed by atoms with van der Waals surface area (Å²) in [5, 5.41) is 17.3. The molecule has 2 spiro atoms. The number of halogens is 5. The number of nitrogens with zero attached hydrogens (tertiary/aromatic N) is 8. The van der Waals surface area contributed by atoms with Gasteiger partial charge < -0.3 is 24.6 Å². The van der Waals surface area contributed by atoms with Gasteiger partial charge in [0, 0.05) is 54.8 Å². The number of carbonyl (C=O) groups is 2. The Kier molecular flexibility index (Phi) is 9.32. The Morgan fingerprint density at radius 1 is 1.08 bits per heavy atom. The van der Waals surface area contributed by atoms with Gasteiger partial charge in [-0.1, -0.05) is 24.6 Å². The number of ether oxygens (including phenoxy) is 1. The van der Waals surface area contributed by atoms with E-state index in [-0.39, 0.29) is 69.4 Å². The van der Waals surface area contributed by atoms with Gasteiger partial charge in [0.05, 0.1) is 40.7 Å². The molecule has 1 atom stereocenters. The molecular weight excluding hydrogens is 798 g/mol. The van der Waals surface area contributed by atoms with Gasteiger partial charge in [-0.3, -0.25) is 19.3 Å². The summed E-state index contributed by atoms with van der Waals surface area (Å²) in [7, 11) is 0. The van der Waals surface area contributed by atoms with Crippen molar-refractivity contribution in [2.75, 3.05) is 44.7 Å². The monoisotopic (exact) mass is 835 g/mol. The van der Waals surface area contributed by atoms with Gasteiger partial charge >= 0.3 is 6.18 Å². The zero-order chi connectivity index (χ0) is 41.6. The number of aromatic hydroxyl groups is 1. The van der Waals surface area contributed by atoms with Gasteiger partial charge in [0.15, 0.2) is 17.3 Å². The Labute approximate surface area is 338 Å². The third-order valence-electron chi connectivity index (χ3n) is 12.2. The van der Waals surface area contributed by atoms with Crippen LogP contribution in [-0.2, 0) is 34.2 Å². The first-order valence-corrected chi connectivity index (χ1v) is 19.5. The van der Waals surface area contributed by atoms with E-state index in [4.69, 9.17) is 16.3 Å². The summed E-state index contributed by atoms with van der Waals surface area (Å²) in [6.07, 6.45) is -2.23. The molecule has 2 amide bonds. The van der Waals surface area contributed by atoms with Crippen molar-refractivity contribution >= 4 is 34.9 Å². The summed E-state index contributed by atoms with van der Waals surface area (Å²) < 4.78 is 63.9. The number of fused-ring (bicyclic) bond motifs is 3. The molecule has 9 rings (SSSR count). The highest BCUT2D eigenvalue weighted by Crippen LogP contribution is 2.51. The Morgan fingerprint density at radius 2 is 1.83 bits per heavy atom. The highest BCUT2D eigenvalue weighted by Gasteiger charge is 2.50. The van der Waals surface area contributed by atoms with Crippen LogP contribution in [0.4, 0.5) is 23.2 Å². The fourth-order valence-electron chi connectivity index (χ4n) is 9.31. The van der Waals surface area contributed by atoms with Crippen molar-refractivity contribution in [1.29, 1.82) is 0 Å². The van der Waals surface area contributed by atoms with Crippen LogP contribution in [0.3, 0.4) is 0 Å². The third kappa shape index (κ3) is 6.70. The first kappa shape index (κ1) is 39.0. The van der Waals surface area contributed by atoms with E-state index in [9.17, 15) is 32.7 Å². The van der Waals surface area contributed by atoms with Gasteiger partial charge in [-0.2, -0.15) is 22.7 Å². The molecule has 19 heteroatoms. The minimum Gasteiger partial charge on any atom is -0.504 e. The molecule has 3 aromatic heterocycles. The Morgan fingerprint density at radius 3 is 2.49 bits per heavy atom. The molecule has 0 saturated carbocycles. The summed E-state index contributed by atoms with van der Waals surface area (Å²) in [5.41, 5.74) is -0.223. The quantitative estimate of drug-likeness (QED) is 0.206. The van der Waals surface area contributed by atoms with Crippen LogP contribution in [0.15, 0.2) is 47.5 Å². The van der Waals surface area contributed by atoms with Crippen molar-refractivity contribution in [1.82, 2.24) is 38.9 Å². The first-order chi connectivity index (χ1) is 28.0. The van der Waals surface area contributed by atoms with E-state index in [2.05, 4.69) is 30.3 Å². The fraction of sp³-hybridized carbons (Fsp3) is 0.425. The topological polar surface area (TPSA) is 160 Å². The molecule has 308 valence electrons. The standard InChI is InChI=1S/C40H38ClF4N9O5/c1-21-13-39(7-9-52(10-8-39)36(58)31-33(56)22(2)46-20-47-31)30-32(21)53(15-29(55)48-28-6-4-24(12-26(28)41)40(43,44)45)37-49-34(50-54(37)35(30)57)25-5-3-23(11-27(25)42)14-51-16-38(17-51)18-59-19-38/h3-6,11-12,20-21,56H,7-10,13-19H2,1-2H3,(H,48,55). The fourth-order valence-corrected chi connectivity index (χ4v) is 9.54. The molecule has 1 aliphatic carbocycles. The zero-order valence-corrected chi connectivity index (χ0v) is 32.7. The zero-order valence-electron chi connectivity index (χ0n) is 31.9. The second-order valence-electron chi connectivity index (χ2n) is 16.3. The molecule has 0 radical (unpaired) electrons. The van der Waals surface area contributed by atoms with Crippen LogP contribution in [-0.4, -0.2) is 95.2 Å². The van der Waals surface area contributed by atoms with Crippen LogP contribution in [0, 0.1) is 18.2 Å². The maximum absolute atomic E-state index is 15.9. The number of hydrogen-bond donors (Lipinski definition) is 2. The van der Waals surface area contributed by atoms with Crippen LogP contribution in [0.2, 0.25) is 5.02 Å². The first-order valence-electron chi connectivity index (χ1n) is 19.1. The van der Waals surface area contributed by atoms with Crippen LogP contribution in [0.1, 0.15) is 70.7 Å². The SMILES string of the molecule is Cc1ncnc(C(=O)N2CCC3(CC2)CC(C)c2c3c(=O)n3nc(-c4ccc(CN5CC6(COC6)C5)cc4F)nc3n2CC(=O)Nc2ccc(C(F)(F)F)cc2Cl)c1O. The van der Waals surface area contributed by atoms with Gasteiger partial charge in [0.25, 0.3) is 11.5 Å². The number of carbonyl (C=O) groups excluding carboxylic acids is 2. The summed E-state index contributed by atoms with van der Waals surface area (Å²) >= 11 is 6.18. The van der Waals surface area contributed by atoms with E-state index in [1.807, 2.05) is 6.92 Å².